The third-order valence-electron chi connectivity index (χ3n) is 4.49. The minimum absolute atomic E-state index is 0.00976. The molecule has 1 fully saturated rings. The summed E-state index contributed by atoms with van der Waals surface area (Å²) in [4.78, 5) is 27.2. The summed E-state index contributed by atoms with van der Waals surface area (Å²) < 4.78 is 33.4. The van der Waals surface area contributed by atoms with Crippen LogP contribution in [-0.4, -0.2) is 54.7 Å². The molecule has 28 heavy (non-hydrogen) atoms. The zero-order valence-corrected chi connectivity index (χ0v) is 15.1. The zero-order chi connectivity index (χ0) is 20.1. The second kappa shape index (κ2) is 8.90. The van der Waals surface area contributed by atoms with E-state index in [0.717, 1.165) is 6.07 Å². The number of aliphatic hydroxyl groups is 1. The summed E-state index contributed by atoms with van der Waals surface area (Å²) in [6.07, 6.45) is 0. The standard InChI is InChI=1S/C20H20F2N2O4/c21-16-2-1-3-17(19(16)22)24(20(27)23-8-10-28-11-9-23)12-14-4-6-15(7-5-14)18(26)13-25/h1-7,25H,8-13H2. The third-order valence-corrected chi connectivity index (χ3v) is 4.49. The molecular formula is C20H20F2N2O4. The van der Waals surface area contributed by atoms with Gasteiger partial charge in [-0.25, -0.2) is 13.6 Å². The second-order valence-corrected chi connectivity index (χ2v) is 6.32. The number of hydrogen-bond acceptors (Lipinski definition) is 4. The lowest BCUT2D eigenvalue weighted by Gasteiger charge is -2.33. The maximum Gasteiger partial charge on any atom is 0.325 e. The number of rotatable bonds is 5. The molecular weight excluding hydrogens is 370 g/mol. The zero-order valence-electron chi connectivity index (χ0n) is 15.1. The lowest BCUT2D eigenvalue weighted by Crippen LogP contribution is -2.48. The van der Waals surface area contributed by atoms with E-state index in [1.165, 1.54) is 34.1 Å². The Morgan fingerprint density at radius 1 is 1.07 bits per heavy atom. The summed E-state index contributed by atoms with van der Waals surface area (Å²) in [5.74, 6) is -2.57. The molecule has 1 N–H and O–H groups in total. The Morgan fingerprint density at radius 2 is 1.75 bits per heavy atom. The molecule has 0 bridgehead atoms. The van der Waals surface area contributed by atoms with Gasteiger partial charge >= 0.3 is 6.03 Å². The molecule has 0 radical (unpaired) electrons. The summed E-state index contributed by atoms with van der Waals surface area (Å²) in [6, 6.07) is 9.49. The molecule has 2 amide bonds. The van der Waals surface area contributed by atoms with Crippen molar-refractivity contribution >= 4 is 17.5 Å². The van der Waals surface area contributed by atoms with Crippen LogP contribution in [0, 0.1) is 11.6 Å². The lowest BCUT2D eigenvalue weighted by molar-refractivity contribution is 0.0547. The van der Waals surface area contributed by atoms with Crippen LogP contribution < -0.4 is 4.90 Å². The summed E-state index contributed by atoms with van der Waals surface area (Å²) >= 11 is 0. The molecule has 1 aliphatic heterocycles. The molecule has 8 heteroatoms. The topological polar surface area (TPSA) is 70.1 Å². The molecule has 1 heterocycles. The van der Waals surface area contributed by atoms with Crippen LogP contribution in [0.5, 0.6) is 0 Å². The van der Waals surface area contributed by atoms with Crippen LogP contribution in [-0.2, 0) is 11.3 Å². The van der Waals surface area contributed by atoms with E-state index in [1.54, 1.807) is 12.1 Å². The van der Waals surface area contributed by atoms with E-state index < -0.39 is 30.1 Å². The number of halogens is 2. The Hall–Kier alpha value is -2.84. The van der Waals surface area contributed by atoms with E-state index in [1.807, 2.05) is 0 Å². The van der Waals surface area contributed by atoms with Gasteiger partial charge in [-0.1, -0.05) is 30.3 Å². The number of urea groups is 1. The van der Waals surface area contributed by atoms with E-state index in [-0.39, 0.29) is 12.2 Å². The van der Waals surface area contributed by atoms with Gasteiger partial charge in [-0.05, 0) is 17.7 Å². The minimum Gasteiger partial charge on any atom is -0.388 e. The highest BCUT2D eigenvalue weighted by molar-refractivity contribution is 5.97. The van der Waals surface area contributed by atoms with Crippen LogP contribution in [0.4, 0.5) is 19.3 Å². The first-order valence-corrected chi connectivity index (χ1v) is 8.82. The fraction of sp³-hybridized carbons (Fsp3) is 0.300. The molecule has 2 aromatic carbocycles. The highest BCUT2D eigenvalue weighted by atomic mass is 19.2. The quantitative estimate of drug-likeness (QED) is 0.797. The minimum atomic E-state index is -1.10. The van der Waals surface area contributed by atoms with Crippen LogP contribution in [0.15, 0.2) is 42.5 Å². The molecule has 1 aliphatic rings. The van der Waals surface area contributed by atoms with Crippen molar-refractivity contribution in [3.63, 3.8) is 0 Å². The van der Waals surface area contributed by atoms with E-state index in [2.05, 4.69) is 0 Å². The first kappa shape index (κ1) is 19.9. The average molecular weight is 390 g/mol. The molecule has 148 valence electrons. The number of anilines is 1. The fourth-order valence-electron chi connectivity index (χ4n) is 2.95. The van der Waals surface area contributed by atoms with Crippen molar-refractivity contribution in [1.29, 1.82) is 0 Å². The van der Waals surface area contributed by atoms with Gasteiger partial charge in [-0.2, -0.15) is 0 Å². The van der Waals surface area contributed by atoms with Crippen LogP contribution in [0.2, 0.25) is 0 Å². The van der Waals surface area contributed by atoms with Gasteiger partial charge < -0.3 is 14.7 Å². The predicted molar refractivity (Wildman–Crippen MR) is 98.2 cm³/mol. The van der Waals surface area contributed by atoms with Gasteiger partial charge in [0.2, 0.25) is 0 Å². The molecule has 0 aromatic heterocycles. The molecule has 0 aliphatic carbocycles. The first-order valence-electron chi connectivity index (χ1n) is 8.82. The molecule has 3 rings (SSSR count). The number of nitrogens with zero attached hydrogens (tertiary/aromatic N) is 2. The van der Waals surface area contributed by atoms with Gasteiger partial charge in [0.15, 0.2) is 17.4 Å². The number of ketones is 1. The number of morpholine rings is 1. The van der Waals surface area contributed by atoms with E-state index in [4.69, 9.17) is 9.84 Å². The van der Waals surface area contributed by atoms with Gasteiger partial charge in [0.25, 0.3) is 0 Å². The Labute approximate surface area is 160 Å². The molecule has 2 aromatic rings. The summed E-state index contributed by atoms with van der Waals surface area (Å²) in [5, 5.41) is 8.93. The number of benzene rings is 2. The van der Waals surface area contributed by atoms with Crippen LogP contribution >= 0.6 is 0 Å². The van der Waals surface area contributed by atoms with Gasteiger partial charge in [0.1, 0.15) is 6.61 Å². The Balaban J connectivity index is 1.90. The van der Waals surface area contributed by atoms with Gasteiger partial charge in [0.05, 0.1) is 25.4 Å². The Bertz CT molecular complexity index is 852. The Kier molecular flexibility index (Phi) is 6.33. The number of ether oxygens (including phenoxy) is 1. The maximum atomic E-state index is 14.4. The van der Waals surface area contributed by atoms with E-state index in [0.29, 0.717) is 37.4 Å². The number of aliphatic hydroxyl groups excluding tert-OH is 1. The van der Waals surface area contributed by atoms with Crippen molar-refractivity contribution in [3.8, 4) is 0 Å². The average Bonchev–Trinajstić information content (AvgIpc) is 2.74. The van der Waals surface area contributed by atoms with Crippen molar-refractivity contribution in [2.75, 3.05) is 37.8 Å². The molecule has 0 atom stereocenters. The molecule has 1 saturated heterocycles. The summed E-state index contributed by atoms with van der Waals surface area (Å²) in [6.45, 7) is 0.860. The highest BCUT2D eigenvalue weighted by Crippen LogP contribution is 2.25. The highest BCUT2D eigenvalue weighted by Gasteiger charge is 2.27. The SMILES string of the molecule is O=C(CO)c1ccc(CN(C(=O)N2CCOCC2)c2cccc(F)c2F)cc1. The number of amides is 2. The molecule has 0 saturated carbocycles. The van der Waals surface area contributed by atoms with Crippen molar-refractivity contribution in [1.82, 2.24) is 4.90 Å². The third kappa shape index (κ3) is 4.35. The fourth-order valence-corrected chi connectivity index (χ4v) is 2.95. The van der Waals surface area contributed by atoms with Gasteiger partial charge in [0, 0.05) is 18.7 Å². The van der Waals surface area contributed by atoms with E-state index >= 15 is 0 Å². The summed E-state index contributed by atoms with van der Waals surface area (Å²) in [7, 11) is 0. The van der Waals surface area contributed by atoms with Gasteiger partial charge in [-0.3, -0.25) is 9.69 Å². The number of carbonyl (C=O) groups is 2. The van der Waals surface area contributed by atoms with Crippen molar-refractivity contribution < 1.29 is 28.2 Å². The maximum absolute atomic E-state index is 14.4. The van der Waals surface area contributed by atoms with E-state index in [9.17, 15) is 18.4 Å². The largest absolute Gasteiger partial charge is 0.388 e. The van der Waals surface area contributed by atoms with Crippen LogP contribution in [0.25, 0.3) is 0 Å². The summed E-state index contributed by atoms with van der Waals surface area (Å²) in [5.41, 5.74) is 0.793. The second-order valence-electron chi connectivity index (χ2n) is 6.32. The van der Waals surface area contributed by atoms with Crippen LogP contribution in [0.3, 0.4) is 0 Å². The van der Waals surface area contributed by atoms with Crippen molar-refractivity contribution in [2.45, 2.75) is 6.54 Å². The molecule has 0 unspecified atom stereocenters. The number of hydrogen-bond donors (Lipinski definition) is 1. The first-order chi connectivity index (χ1) is 13.5. The molecule has 0 spiro atoms. The number of Topliss-reactive ketones (excluding diaryl/α,β-unsaturated/α-hetero) is 1. The normalized spacial score (nSPS) is 14.0. The smallest absolute Gasteiger partial charge is 0.325 e. The Morgan fingerprint density at radius 3 is 2.39 bits per heavy atom. The van der Waals surface area contributed by atoms with Gasteiger partial charge in [-0.15, -0.1) is 0 Å². The van der Waals surface area contributed by atoms with Crippen molar-refractivity contribution in [3.05, 3.63) is 65.2 Å². The number of carbonyl (C=O) groups excluding carboxylic acids is 2. The van der Waals surface area contributed by atoms with Crippen LogP contribution in [0.1, 0.15) is 15.9 Å². The molecule has 6 nitrogen and oxygen atoms in total. The predicted octanol–water partition coefficient (Wildman–Crippen LogP) is 2.60. The lowest BCUT2D eigenvalue weighted by atomic mass is 10.1. The monoisotopic (exact) mass is 390 g/mol. The van der Waals surface area contributed by atoms with Crippen molar-refractivity contribution in [2.24, 2.45) is 0 Å².